The second-order valence-corrected chi connectivity index (χ2v) is 5.84. The van der Waals surface area contributed by atoms with E-state index in [9.17, 15) is 9.59 Å². The number of hydrogen-bond acceptors (Lipinski definition) is 3. The Morgan fingerprint density at radius 1 is 1.26 bits per heavy atom. The Morgan fingerprint density at radius 2 is 1.89 bits per heavy atom. The first-order valence-electron chi connectivity index (χ1n) is 7.34. The molecule has 0 heterocycles. The normalized spacial score (nSPS) is 23.2. The van der Waals surface area contributed by atoms with Gasteiger partial charge in [-0.2, -0.15) is 0 Å². The van der Waals surface area contributed by atoms with Crippen LogP contribution in [-0.4, -0.2) is 36.5 Å². The molecule has 1 fully saturated rings. The molecule has 2 unspecified atom stereocenters. The lowest BCUT2D eigenvalue weighted by molar-refractivity contribution is -0.144. The molecule has 0 N–H and O–H groups in total. The number of rotatable bonds is 5. The summed E-state index contributed by atoms with van der Waals surface area (Å²) in [6, 6.07) is 0.285. The molecule has 19 heavy (non-hydrogen) atoms. The van der Waals surface area contributed by atoms with Crippen molar-refractivity contribution in [1.29, 1.82) is 0 Å². The van der Waals surface area contributed by atoms with Crippen molar-refractivity contribution < 1.29 is 14.3 Å². The number of nitrogens with zero attached hydrogens (tertiary/aromatic N) is 1. The molecule has 0 aromatic carbocycles. The van der Waals surface area contributed by atoms with Gasteiger partial charge in [-0.3, -0.25) is 9.59 Å². The molecular weight excluding hydrogens is 242 g/mol. The first-order chi connectivity index (χ1) is 8.97. The van der Waals surface area contributed by atoms with Gasteiger partial charge in [0.1, 0.15) is 0 Å². The van der Waals surface area contributed by atoms with Gasteiger partial charge in [0, 0.05) is 18.5 Å². The summed E-state index contributed by atoms with van der Waals surface area (Å²) in [6.07, 6.45) is 4.94. The lowest BCUT2D eigenvalue weighted by Crippen LogP contribution is -2.47. The highest BCUT2D eigenvalue weighted by atomic mass is 16.5. The van der Waals surface area contributed by atoms with Crippen LogP contribution in [0.2, 0.25) is 0 Å². The molecule has 2 atom stereocenters. The Labute approximate surface area is 116 Å². The third-order valence-electron chi connectivity index (χ3n) is 4.03. The molecule has 1 amide bonds. The summed E-state index contributed by atoms with van der Waals surface area (Å²) in [6.45, 7) is 6.53. The van der Waals surface area contributed by atoms with Gasteiger partial charge in [0.15, 0.2) is 0 Å². The Hall–Kier alpha value is -1.06. The predicted octanol–water partition coefficient (Wildman–Crippen LogP) is 2.61. The second kappa shape index (κ2) is 7.51. The predicted molar refractivity (Wildman–Crippen MR) is 74.6 cm³/mol. The van der Waals surface area contributed by atoms with Crippen LogP contribution < -0.4 is 0 Å². The number of ether oxygens (including phenoxy) is 1. The summed E-state index contributed by atoms with van der Waals surface area (Å²) in [7, 11) is 1.39. The van der Waals surface area contributed by atoms with Gasteiger partial charge in [0.05, 0.1) is 13.5 Å². The second-order valence-electron chi connectivity index (χ2n) is 5.84. The Morgan fingerprint density at radius 3 is 2.42 bits per heavy atom. The smallest absolute Gasteiger partial charge is 0.307 e. The topological polar surface area (TPSA) is 46.6 Å². The monoisotopic (exact) mass is 269 g/mol. The SMILES string of the molecule is COC(=O)CCN(C(=O)C(C)C)C1CCCCC1C. The van der Waals surface area contributed by atoms with Gasteiger partial charge < -0.3 is 9.64 Å². The number of methoxy groups -OCH3 is 1. The van der Waals surface area contributed by atoms with Crippen LogP contribution in [0.1, 0.15) is 52.9 Å². The summed E-state index contributed by atoms with van der Waals surface area (Å²) in [5, 5.41) is 0. The quantitative estimate of drug-likeness (QED) is 0.721. The molecule has 4 heteroatoms. The van der Waals surface area contributed by atoms with Gasteiger partial charge in [-0.05, 0) is 18.8 Å². The molecule has 1 rings (SSSR count). The van der Waals surface area contributed by atoms with E-state index in [1.165, 1.54) is 26.4 Å². The lowest BCUT2D eigenvalue weighted by atomic mass is 9.84. The van der Waals surface area contributed by atoms with E-state index in [1.807, 2.05) is 18.7 Å². The molecule has 0 spiro atoms. The minimum absolute atomic E-state index is 0.0215. The molecule has 1 aliphatic carbocycles. The fourth-order valence-corrected chi connectivity index (χ4v) is 2.84. The first kappa shape index (κ1) is 16.0. The highest BCUT2D eigenvalue weighted by Gasteiger charge is 2.31. The molecule has 4 nitrogen and oxygen atoms in total. The van der Waals surface area contributed by atoms with Crippen molar-refractivity contribution in [3.63, 3.8) is 0 Å². The van der Waals surface area contributed by atoms with E-state index < -0.39 is 0 Å². The summed E-state index contributed by atoms with van der Waals surface area (Å²) < 4.78 is 4.68. The van der Waals surface area contributed by atoms with Gasteiger partial charge in [0.25, 0.3) is 0 Å². The largest absolute Gasteiger partial charge is 0.469 e. The third kappa shape index (κ3) is 4.51. The van der Waals surface area contributed by atoms with Gasteiger partial charge in [-0.25, -0.2) is 0 Å². The maximum atomic E-state index is 12.4. The van der Waals surface area contributed by atoms with Crippen LogP contribution >= 0.6 is 0 Å². The van der Waals surface area contributed by atoms with Crippen molar-refractivity contribution >= 4 is 11.9 Å². The molecule has 110 valence electrons. The van der Waals surface area contributed by atoms with Crippen LogP contribution in [-0.2, 0) is 14.3 Å². The van der Waals surface area contributed by atoms with Gasteiger partial charge >= 0.3 is 5.97 Å². The average Bonchev–Trinajstić information content (AvgIpc) is 2.40. The summed E-state index contributed by atoms with van der Waals surface area (Å²) >= 11 is 0. The Balaban J connectivity index is 2.73. The highest BCUT2D eigenvalue weighted by molar-refractivity contribution is 5.79. The zero-order chi connectivity index (χ0) is 14.4. The van der Waals surface area contributed by atoms with Gasteiger partial charge in [0.2, 0.25) is 5.91 Å². The lowest BCUT2D eigenvalue weighted by Gasteiger charge is -2.39. The van der Waals surface area contributed by atoms with Crippen LogP contribution in [0.4, 0.5) is 0 Å². The van der Waals surface area contributed by atoms with Crippen molar-refractivity contribution in [2.24, 2.45) is 11.8 Å². The van der Waals surface area contributed by atoms with E-state index >= 15 is 0 Å². The maximum Gasteiger partial charge on any atom is 0.307 e. The van der Waals surface area contributed by atoms with Crippen LogP contribution in [0.5, 0.6) is 0 Å². The highest BCUT2D eigenvalue weighted by Crippen LogP contribution is 2.29. The molecular formula is C15H27NO3. The van der Waals surface area contributed by atoms with E-state index in [1.54, 1.807) is 0 Å². The number of carbonyl (C=O) groups is 2. The van der Waals surface area contributed by atoms with Crippen LogP contribution in [0.3, 0.4) is 0 Å². The Bertz CT molecular complexity index is 315. The van der Waals surface area contributed by atoms with Crippen molar-refractivity contribution in [2.75, 3.05) is 13.7 Å². The van der Waals surface area contributed by atoms with Crippen molar-refractivity contribution in [1.82, 2.24) is 4.90 Å². The Kier molecular flexibility index (Phi) is 6.32. The van der Waals surface area contributed by atoms with E-state index in [0.717, 1.165) is 6.42 Å². The van der Waals surface area contributed by atoms with Crippen molar-refractivity contribution in [3.05, 3.63) is 0 Å². The van der Waals surface area contributed by atoms with Crippen LogP contribution in [0.25, 0.3) is 0 Å². The maximum absolute atomic E-state index is 12.4. The number of esters is 1. The zero-order valence-electron chi connectivity index (χ0n) is 12.6. The minimum atomic E-state index is -0.245. The summed E-state index contributed by atoms with van der Waals surface area (Å²) in [4.78, 5) is 25.6. The zero-order valence-corrected chi connectivity index (χ0v) is 12.6. The summed E-state index contributed by atoms with van der Waals surface area (Å²) in [5.74, 6) is 0.411. The van der Waals surface area contributed by atoms with Gasteiger partial charge in [-0.15, -0.1) is 0 Å². The fourth-order valence-electron chi connectivity index (χ4n) is 2.84. The first-order valence-corrected chi connectivity index (χ1v) is 7.34. The third-order valence-corrected chi connectivity index (χ3v) is 4.03. The average molecular weight is 269 g/mol. The standard InChI is InChI=1S/C15H27NO3/c1-11(2)15(18)16(10-9-14(17)19-4)13-8-6-5-7-12(13)3/h11-13H,5-10H2,1-4H3. The molecule has 0 aliphatic heterocycles. The minimum Gasteiger partial charge on any atom is -0.469 e. The van der Waals surface area contributed by atoms with Crippen LogP contribution in [0, 0.1) is 11.8 Å². The molecule has 0 aromatic heterocycles. The summed E-state index contributed by atoms with van der Waals surface area (Å²) in [5.41, 5.74) is 0. The number of hydrogen-bond donors (Lipinski definition) is 0. The van der Waals surface area contributed by atoms with Gasteiger partial charge in [-0.1, -0.05) is 33.6 Å². The molecule has 0 bridgehead atoms. The van der Waals surface area contributed by atoms with Crippen LogP contribution in [0.15, 0.2) is 0 Å². The molecule has 0 radical (unpaired) electrons. The van der Waals surface area contributed by atoms with E-state index in [-0.39, 0.29) is 30.3 Å². The number of amides is 1. The van der Waals surface area contributed by atoms with E-state index in [0.29, 0.717) is 12.5 Å². The number of carbonyl (C=O) groups excluding carboxylic acids is 2. The molecule has 0 aromatic rings. The van der Waals surface area contributed by atoms with E-state index in [4.69, 9.17) is 0 Å². The molecule has 1 aliphatic rings. The molecule has 0 saturated heterocycles. The fraction of sp³-hybridized carbons (Fsp3) is 0.867. The van der Waals surface area contributed by atoms with E-state index in [2.05, 4.69) is 11.7 Å². The van der Waals surface area contributed by atoms with Crippen molar-refractivity contribution in [2.45, 2.75) is 58.9 Å². The van der Waals surface area contributed by atoms with Crippen molar-refractivity contribution in [3.8, 4) is 0 Å². The molecule has 1 saturated carbocycles.